The van der Waals surface area contributed by atoms with Gasteiger partial charge in [0.05, 0.1) is 12.8 Å². The maximum Gasteiger partial charge on any atom is 0.307 e. The summed E-state index contributed by atoms with van der Waals surface area (Å²) in [6, 6.07) is 0. The molecule has 0 bridgehead atoms. The normalized spacial score (nSPS) is 10.2. The summed E-state index contributed by atoms with van der Waals surface area (Å²) < 4.78 is 24.1. The molecule has 11 nitrogen and oxygen atoms in total. The molecular weight excluding hydrogens is 390 g/mol. The van der Waals surface area contributed by atoms with Crippen molar-refractivity contribution in [2.45, 2.75) is 33.6 Å². The van der Waals surface area contributed by atoms with E-state index >= 15 is 0 Å². The first-order valence-corrected chi connectivity index (χ1v) is 9.14. The smallest absolute Gasteiger partial charge is 0.307 e. The molecule has 0 aromatic carbocycles. The standard InChI is InChI=1S/C18H29NO10/c1-14(20)25-9-8-19(6-4-17(23)28-12-10-26-15(2)21)7-5-18(24)29-13-11-27-16(3)22/h4-13H2,1-3H3. The van der Waals surface area contributed by atoms with E-state index < -0.39 is 29.8 Å². The van der Waals surface area contributed by atoms with E-state index in [9.17, 15) is 24.0 Å². The second kappa shape index (κ2) is 16.3. The summed E-state index contributed by atoms with van der Waals surface area (Å²) >= 11 is 0. The largest absolute Gasteiger partial charge is 0.465 e. The van der Waals surface area contributed by atoms with E-state index in [-0.39, 0.29) is 59.0 Å². The van der Waals surface area contributed by atoms with Crippen LogP contribution in [0.2, 0.25) is 0 Å². The average Bonchev–Trinajstić information content (AvgIpc) is 2.63. The van der Waals surface area contributed by atoms with Crippen molar-refractivity contribution in [1.82, 2.24) is 4.90 Å². The topological polar surface area (TPSA) is 135 Å². The number of carbonyl (C=O) groups is 5. The lowest BCUT2D eigenvalue weighted by Crippen LogP contribution is -2.33. The Hall–Kier alpha value is -2.69. The first kappa shape index (κ1) is 26.3. The van der Waals surface area contributed by atoms with Gasteiger partial charge in [-0.25, -0.2) is 0 Å². The lowest BCUT2D eigenvalue weighted by molar-refractivity contribution is -0.152. The van der Waals surface area contributed by atoms with Crippen LogP contribution in [0.25, 0.3) is 0 Å². The summed E-state index contributed by atoms with van der Waals surface area (Å²) in [5, 5.41) is 0. The van der Waals surface area contributed by atoms with Crippen LogP contribution in [0, 0.1) is 0 Å². The van der Waals surface area contributed by atoms with Crippen molar-refractivity contribution in [2.24, 2.45) is 0 Å². The van der Waals surface area contributed by atoms with E-state index in [4.69, 9.17) is 14.2 Å². The zero-order valence-corrected chi connectivity index (χ0v) is 17.1. The van der Waals surface area contributed by atoms with Crippen molar-refractivity contribution in [3.63, 3.8) is 0 Å². The summed E-state index contributed by atoms with van der Waals surface area (Å²) in [6.07, 6.45) is 0.0866. The first-order valence-electron chi connectivity index (χ1n) is 9.14. The second-order valence-corrected chi connectivity index (χ2v) is 5.80. The fraction of sp³-hybridized carbons (Fsp3) is 0.722. The van der Waals surface area contributed by atoms with Crippen LogP contribution in [0.4, 0.5) is 0 Å². The molecule has 0 unspecified atom stereocenters. The van der Waals surface area contributed by atoms with E-state index in [0.717, 1.165) is 0 Å². The van der Waals surface area contributed by atoms with Gasteiger partial charge in [-0.05, 0) is 0 Å². The number of carbonyl (C=O) groups excluding carboxylic acids is 5. The van der Waals surface area contributed by atoms with Gasteiger partial charge in [-0.2, -0.15) is 0 Å². The van der Waals surface area contributed by atoms with Gasteiger partial charge in [-0.15, -0.1) is 0 Å². The molecule has 11 heteroatoms. The highest BCUT2D eigenvalue weighted by Gasteiger charge is 2.13. The third-order valence-corrected chi connectivity index (χ3v) is 3.28. The molecule has 0 heterocycles. The fourth-order valence-corrected chi connectivity index (χ4v) is 1.98. The number of hydrogen-bond acceptors (Lipinski definition) is 11. The number of esters is 5. The van der Waals surface area contributed by atoms with Crippen LogP contribution >= 0.6 is 0 Å². The van der Waals surface area contributed by atoms with Gasteiger partial charge < -0.3 is 23.7 Å². The summed E-state index contributed by atoms with van der Waals surface area (Å²) in [4.78, 5) is 57.4. The molecule has 0 atom stereocenters. The molecule has 0 amide bonds. The molecule has 0 radical (unpaired) electrons. The van der Waals surface area contributed by atoms with Gasteiger partial charge in [0.1, 0.15) is 33.0 Å². The maximum absolute atomic E-state index is 11.7. The fourth-order valence-electron chi connectivity index (χ4n) is 1.98. The van der Waals surface area contributed by atoms with Crippen molar-refractivity contribution in [3.8, 4) is 0 Å². The van der Waals surface area contributed by atoms with Crippen molar-refractivity contribution >= 4 is 29.8 Å². The minimum atomic E-state index is -0.487. The number of rotatable bonds is 15. The van der Waals surface area contributed by atoms with E-state index in [1.54, 1.807) is 4.90 Å². The van der Waals surface area contributed by atoms with Crippen LogP contribution < -0.4 is 0 Å². The summed E-state index contributed by atoms with van der Waals surface area (Å²) in [5.74, 6) is -2.33. The highest BCUT2D eigenvalue weighted by molar-refractivity contribution is 5.70. The van der Waals surface area contributed by atoms with E-state index in [1.807, 2.05) is 0 Å². The molecule has 0 aromatic rings. The molecule has 0 aliphatic rings. The Morgan fingerprint density at radius 1 is 0.517 bits per heavy atom. The quantitative estimate of drug-likeness (QED) is 0.199. The van der Waals surface area contributed by atoms with E-state index in [1.165, 1.54) is 20.8 Å². The van der Waals surface area contributed by atoms with Crippen molar-refractivity contribution in [2.75, 3.05) is 52.7 Å². The Labute approximate surface area is 169 Å². The molecule has 0 saturated carbocycles. The van der Waals surface area contributed by atoms with Gasteiger partial charge in [0.25, 0.3) is 0 Å². The summed E-state index contributed by atoms with van der Waals surface area (Å²) in [6.45, 7) is 4.65. The number of hydrogen-bond donors (Lipinski definition) is 0. The Morgan fingerprint density at radius 3 is 1.24 bits per heavy atom. The zero-order chi connectivity index (χ0) is 22.1. The second-order valence-electron chi connectivity index (χ2n) is 5.80. The Morgan fingerprint density at radius 2 is 0.862 bits per heavy atom. The highest BCUT2D eigenvalue weighted by atomic mass is 16.6. The third kappa shape index (κ3) is 18.4. The van der Waals surface area contributed by atoms with Gasteiger partial charge in [0, 0.05) is 40.4 Å². The summed E-state index contributed by atoms with van der Waals surface area (Å²) in [7, 11) is 0. The lowest BCUT2D eigenvalue weighted by atomic mass is 10.3. The number of nitrogens with zero attached hydrogens (tertiary/aromatic N) is 1. The molecule has 0 fully saturated rings. The average molecular weight is 419 g/mol. The molecular formula is C18H29NO10. The van der Waals surface area contributed by atoms with Crippen molar-refractivity contribution < 1.29 is 47.7 Å². The highest BCUT2D eigenvalue weighted by Crippen LogP contribution is 1.99. The maximum atomic E-state index is 11.7. The van der Waals surface area contributed by atoms with Crippen LogP contribution in [0.15, 0.2) is 0 Å². The SMILES string of the molecule is CC(=O)OCCOC(=O)CCN(CCOC(C)=O)CCC(=O)OCCOC(C)=O. The molecule has 0 aliphatic carbocycles. The zero-order valence-electron chi connectivity index (χ0n) is 17.1. The van der Waals surface area contributed by atoms with Crippen LogP contribution in [0.5, 0.6) is 0 Å². The molecule has 0 aliphatic heterocycles. The molecule has 0 spiro atoms. The minimum absolute atomic E-state index is 0.0174. The van der Waals surface area contributed by atoms with Gasteiger partial charge in [0.15, 0.2) is 0 Å². The predicted molar refractivity (Wildman–Crippen MR) is 97.5 cm³/mol. The third-order valence-electron chi connectivity index (χ3n) is 3.28. The van der Waals surface area contributed by atoms with Crippen molar-refractivity contribution in [1.29, 1.82) is 0 Å². The van der Waals surface area contributed by atoms with Crippen LogP contribution in [0.3, 0.4) is 0 Å². The number of ether oxygens (including phenoxy) is 5. The summed E-state index contributed by atoms with van der Waals surface area (Å²) in [5.41, 5.74) is 0. The lowest BCUT2D eigenvalue weighted by Gasteiger charge is -2.21. The Balaban J connectivity index is 4.23. The van der Waals surface area contributed by atoms with Gasteiger partial charge >= 0.3 is 29.8 Å². The van der Waals surface area contributed by atoms with Gasteiger partial charge in [-0.1, -0.05) is 0 Å². The monoisotopic (exact) mass is 419 g/mol. The molecule has 0 aromatic heterocycles. The van der Waals surface area contributed by atoms with Gasteiger partial charge in [0.2, 0.25) is 0 Å². The Bertz CT molecular complexity index is 511. The minimum Gasteiger partial charge on any atom is -0.465 e. The van der Waals surface area contributed by atoms with E-state index in [2.05, 4.69) is 9.47 Å². The van der Waals surface area contributed by atoms with Gasteiger partial charge in [-0.3, -0.25) is 28.9 Å². The predicted octanol–water partition coefficient (Wildman–Crippen LogP) is -0.156. The first-order chi connectivity index (χ1) is 13.7. The van der Waals surface area contributed by atoms with Crippen LogP contribution in [-0.2, 0) is 47.7 Å². The molecule has 0 N–H and O–H groups in total. The Kier molecular flexibility index (Phi) is 14.8. The van der Waals surface area contributed by atoms with E-state index in [0.29, 0.717) is 6.54 Å². The van der Waals surface area contributed by atoms with Crippen LogP contribution in [0.1, 0.15) is 33.6 Å². The molecule has 166 valence electrons. The molecule has 0 saturated heterocycles. The van der Waals surface area contributed by atoms with Crippen LogP contribution in [-0.4, -0.2) is 87.4 Å². The molecule has 0 rings (SSSR count). The molecule has 29 heavy (non-hydrogen) atoms. The van der Waals surface area contributed by atoms with Crippen molar-refractivity contribution in [3.05, 3.63) is 0 Å².